The van der Waals surface area contributed by atoms with E-state index in [9.17, 15) is 0 Å². The molecule has 1 aromatic carbocycles. The molecule has 0 amide bonds. The Hall–Kier alpha value is -0.898. The molecule has 0 saturated heterocycles. The largest absolute Gasteiger partial charge is 0.0767 e. The topological polar surface area (TPSA) is 0 Å². The Kier molecular flexibility index (Phi) is 9.53. The molecule has 0 N–H and O–H groups in total. The third kappa shape index (κ3) is 7.74. The summed E-state index contributed by atoms with van der Waals surface area (Å²) >= 11 is 0. The van der Waals surface area contributed by atoms with Crippen molar-refractivity contribution in [2.45, 2.75) is 0 Å². The smallest absolute Gasteiger partial charge is 0.00506 e. The van der Waals surface area contributed by atoms with E-state index in [0.717, 1.165) is 0 Å². The monoisotopic (exact) mass is 356 g/mol. The zero-order chi connectivity index (χ0) is 9.19. The summed E-state index contributed by atoms with van der Waals surface area (Å²) in [5, 5.41) is 0. The normalized spacial score (nSPS) is 12.0. The van der Waals surface area contributed by atoms with Gasteiger partial charge in [-0.1, -0.05) is 72.9 Å². The van der Waals surface area contributed by atoms with Crippen molar-refractivity contribution in [1.82, 2.24) is 0 Å². The Bertz CT molecular complexity index is 243. The standard InChI is InChI=1S/C7H7.C6H6.Re/c1-2-4-6-7-5-3-1;1-2-4-6-5-3-1;/h1-7H;1-6H;. The number of rotatable bonds is 0. The minimum Gasteiger partial charge on any atom is -0.0767 e. The van der Waals surface area contributed by atoms with Gasteiger partial charge in [0.25, 0.3) is 0 Å². The van der Waals surface area contributed by atoms with Crippen LogP contribution in [0.3, 0.4) is 0 Å². The third-order valence-electron chi connectivity index (χ3n) is 1.44. The fourth-order valence-electron chi connectivity index (χ4n) is 0.834. The van der Waals surface area contributed by atoms with Crippen LogP contribution in [0, 0.1) is 6.42 Å². The molecule has 0 spiro atoms. The average Bonchev–Trinajstić information content (AvgIpc) is 2.53. The Morgan fingerprint density at radius 2 is 0.643 bits per heavy atom. The van der Waals surface area contributed by atoms with E-state index in [1.54, 1.807) is 0 Å². The van der Waals surface area contributed by atoms with Crippen LogP contribution in [0.25, 0.3) is 0 Å². The molecule has 72 valence electrons. The average molecular weight is 355 g/mol. The molecule has 1 aliphatic carbocycles. The molecular weight excluding hydrogens is 342 g/mol. The van der Waals surface area contributed by atoms with Gasteiger partial charge in [0.15, 0.2) is 0 Å². The van der Waals surface area contributed by atoms with E-state index >= 15 is 0 Å². The van der Waals surface area contributed by atoms with Crippen molar-refractivity contribution < 1.29 is 20.4 Å². The van der Waals surface area contributed by atoms with Crippen LogP contribution in [0.4, 0.5) is 0 Å². The molecule has 0 atom stereocenters. The van der Waals surface area contributed by atoms with Crippen molar-refractivity contribution in [3.63, 3.8) is 0 Å². The van der Waals surface area contributed by atoms with Crippen LogP contribution in [-0.2, 0) is 20.4 Å². The predicted molar refractivity (Wildman–Crippen MR) is 58.2 cm³/mol. The first kappa shape index (κ1) is 13.1. The Balaban J connectivity index is 0.000000227. The molecule has 1 heteroatoms. The minimum absolute atomic E-state index is 0. The van der Waals surface area contributed by atoms with Crippen molar-refractivity contribution in [3.8, 4) is 0 Å². The summed E-state index contributed by atoms with van der Waals surface area (Å²) < 4.78 is 0. The van der Waals surface area contributed by atoms with Crippen LogP contribution >= 0.6 is 0 Å². The molecule has 2 radical (unpaired) electrons. The number of allylic oxidation sites excluding steroid dienone is 6. The molecule has 0 saturated carbocycles. The Labute approximate surface area is 99.7 Å². The molecule has 0 unspecified atom stereocenters. The summed E-state index contributed by atoms with van der Waals surface area (Å²) in [7, 11) is 0. The molecule has 0 nitrogen and oxygen atoms in total. The second-order valence-electron chi connectivity index (χ2n) is 2.50. The summed E-state index contributed by atoms with van der Waals surface area (Å²) in [5.41, 5.74) is 0. The van der Waals surface area contributed by atoms with E-state index in [1.807, 2.05) is 79.3 Å². The Morgan fingerprint density at radius 1 is 0.357 bits per heavy atom. The van der Waals surface area contributed by atoms with Crippen LogP contribution in [0.5, 0.6) is 0 Å². The maximum absolute atomic E-state index is 2.00. The molecule has 1 aliphatic rings. The fourth-order valence-corrected chi connectivity index (χ4v) is 0.834. The van der Waals surface area contributed by atoms with Crippen LogP contribution in [0.1, 0.15) is 0 Å². The van der Waals surface area contributed by atoms with Gasteiger partial charge in [0, 0.05) is 26.8 Å². The van der Waals surface area contributed by atoms with Gasteiger partial charge in [-0.2, -0.15) is 0 Å². The fraction of sp³-hybridized carbons (Fsp3) is 0. The first-order valence-electron chi connectivity index (χ1n) is 4.33. The number of hydrogen-bond acceptors (Lipinski definition) is 0. The van der Waals surface area contributed by atoms with Crippen molar-refractivity contribution in [1.29, 1.82) is 0 Å². The van der Waals surface area contributed by atoms with E-state index in [1.165, 1.54) is 0 Å². The van der Waals surface area contributed by atoms with E-state index < -0.39 is 0 Å². The van der Waals surface area contributed by atoms with Crippen LogP contribution in [0.2, 0.25) is 0 Å². The SMILES string of the molecule is [CH]1C=CC=CC=C1.[Re].c1ccccc1. The van der Waals surface area contributed by atoms with Gasteiger partial charge in [0.1, 0.15) is 0 Å². The molecule has 14 heavy (non-hydrogen) atoms. The van der Waals surface area contributed by atoms with Gasteiger partial charge in [0.2, 0.25) is 0 Å². The van der Waals surface area contributed by atoms with Gasteiger partial charge in [-0.05, 0) is 0 Å². The van der Waals surface area contributed by atoms with Crippen molar-refractivity contribution in [2.24, 2.45) is 0 Å². The van der Waals surface area contributed by atoms with E-state index in [2.05, 4.69) is 0 Å². The van der Waals surface area contributed by atoms with Crippen molar-refractivity contribution in [3.05, 3.63) is 79.3 Å². The van der Waals surface area contributed by atoms with Crippen molar-refractivity contribution in [2.75, 3.05) is 0 Å². The quantitative estimate of drug-likeness (QED) is 0.668. The summed E-state index contributed by atoms with van der Waals surface area (Å²) in [6, 6.07) is 12.0. The number of benzene rings is 1. The van der Waals surface area contributed by atoms with Crippen LogP contribution in [-0.4, -0.2) is 0 Å². The van der Waals surface area contributed by atoms with Gasteiger partial charge in [-0.25, -0.2) is 0 Å². The molecule has 1 aromatic rings. The summed E-state index contributed by atoms with van der Waals surface area (Å²) in [5.74, 6) is 0. The number of hydrogen-bond donors (Lipinski definition) is 0. The summed E-state index contributed by atoms with van der Waals surface area (Å²) in [6.45, 7) is 0. The first-order valence-corrected chi connectivity index (χ1v) is 4.33. The molecule has 0 aliphatic heterocycles. The van der Waals surface area contributed by atoms with E-state index in [0.29, 0.717) is 0 Å². The predicted octanol–water partition coefficient (Wildman–Crippen LogP) is 3.56. The van der Waals surface area contributed by atoms with Gasteiger partial charge in [0.05, 0.1) is 0 Å². The second kappa shape index (κ2) is 10.2. The molecule has 0 fully saturated rings. The maximum Gasteiger partial charge on any atom is 0.00506 e. The molecule has 0 aromatic heterocycles. The molecule has 2 rings (SSSR count). The second-order valence-corrected chi connectivity index (χ2v) is 2.50. The zero-order valence-electron chi connectivity index (χ0n) is 7.88. The van der Waals surface area contributed by atoms with Gasteiger partial charge >= 0.3 is 0 Å². The van der Waals surface area contributed by atoms with Gasteiger partial charge < -0.3 is 0 Å². The zero-order valence-corrected chi connectivity index (χ0v) is 10.6. The summed E-state index contributed by atoms with van der Waals surface area (Å²) in [4.78, 5) is 0. The van der Waals surface area contributed by atoms with Crippen LogP contribution in [0.15, 0.2) is 72.9 Å². The minimum atomic E-state index is 0. The summed E-state index contributed by atoms with van der Waals surface area (Å²) in [6.07, 6.45) is 14.0. The van der Waals surface area contributed by atoms with Gasteiger partial charge in [-0.15, -0.1) is 0 Å². The van der Waals surface area contributed by atoms with E-state index in [-0.39, 0.29) is 20.4 Å². The van der Waals surface area contributed by atoms with Crippen molar-refractivity contribution >= 4 is 0 Å². The van der Waals surface area contributed by atoms with E-state index in [4.69, 9.17) is 0 Å². The van der Waals surface area contributed by atoms with Gasteiger partial charge in [-0.3, -0.25) is 0 Å². The molecule has 0 heterocycles. The molecular formula is C13H13Re. The first-order chi connectivity index (χ1) is 6.50. The third-order valence-corrected chi connectivity index (χ3v) is 1.44. The molecule has 0 bridgehead atoms. The van der Waals surface area contributed by atoms with Crippen LogP contribution < -0.4 is 0 Å². The maximum atomic E-state index is 2.00. The Morgan fingerprint density at radius 3 is 1.00 bits per heavy atom.